The third-order valence-corrected chi connectivity index (χ3v) is 17.6. The Bertz CT molecular complexity index is 2840. The number of hydrogen-bond acceptors (Lipinski definition) is 14. The number of allylic oxidation sites excluding steroid dienone is 3. The molecule has 80 heavy (non-hydrogen) atoms. The summed E-state index contributed by atoms with van der Waals surface area (Å²) in [6.45, 7) is 12.6. The van der Waals surface area contributed by atoms with E-state index in [1.807, 2.05) is 104 Å². The average molecular weight is 1110 g/mol. The lowest BCUT2D eigenvalue weighted by Crippen LogP contribution is -2.64. The highest BCUT2D eigenvalue weighted by Crippen LogP contribution is 2.40. The van der Waals surface area contributed by atoms with Crippen LogP contribution in [0.4, 0.5) is 0 Å². The summed E-state index contributed by atoms with van der Waals surface area (Å²) in [4.78, 5) is 60.7. The first kappa shape index (κ1) is 60.7. The van der Waals surface area contributed by atoms with E-state index < -0.39 is 77.8 Å². The second-order valence-corrected chi connectivity index (χ2v) is 23.2. The van der Waals surface area contributed by atoms with Crippen molar-refractivity contribution >= 4 is 45.2 Å². The fraction of sp³-hybridized carbons (Fsp3) is 0.619. The van der Waals surface area contributed by atoms with Crippen molar-refractivity contribution in [2.45, 2.75) is 180 Å². The molecule has 5 heterocycles. The van der Waals surface area contributed by atoms with Crippen LogP contribution in [0.15, 0.2) is 84.2 Å². The van der Waals surface area contributed by atoms with Gasteiger partial charge in [-0.15, -0.1) is 0 Å². The van der Waals surface area contributed by atoms with Crippen molar-refractivity contribution < 1.29 is 67.7 Å². The standard InChI is InChI=1S/C63H87N3O14/c1-10-44-30-38(2)29-39(3)31-56(75-8)59-57(76-9)33-41(5)63(73,80-59)60(70)61(71)66-22-12-11-13-51(66)62(72)79-58(42(6)54(37-52(44)69)78-48-16-18-50-46(36-48)21-24-65(50)26-28-68)40(4)32-43-14-19-53(55(34-43)74-7)77-47-15-17-49-45(35-47)20-23-64(49)25-27-67/h15-18,20-21,23-24,30,32,35-36,39,41-44,51,53-59,67-68,73H,10-14,19,22,25-29,31,33-34,37H2,1-9H3/b38-30-,40-32+/t39-,41+,42+,43-,44+,51-,53+,54-,55+,56-,57-,58+,59?,63+/m0/s1. The van der Waals surface area contributed by atoms with Crippen LogP contribution < -0.4 is 9.47 Å². The molecule has 14 atom stereocenters. The fourth-order valence-corrected chi connectivity index (χ4v) is 13.1. The summed E-state index contributed by atoms with van der Waals surface area (Å²) in [6, 6.07) is 14.4. The van der Waals surface area contributed by atoms with Gasteiger partial charge in [0, 0.05) is 99.3 Å². The molecule has 438 valence electrons. The van der Waals surface area contributed by atoms with E-state index in [1.165, 1.54) is 4.90 Å². The van der Waals surface area contributed by atoms with Gasteiger partial charge in [-0.1, -0.05) is 45.4 Å². The van der Waals surface area contributed by atoms with Crippen LogP contribution in [0.2, 0.25) is 0 Å². The van der Waals surface area contributed by atoms with E-state index in [2.05, 4.69) is 13.0 Å². The highest BCUT2D eigenvalue weighted by atomic mass is 16.7. The van der Waals surface area contributed by atoms with E-state index >= 15 is 4.79 Å². The number of carbonyl (C=O) groups excluding carboxylic acids is 4. The smallest absolute Gasteiger partial charge is 0.329 e. The largest absolute Gasteiger partial charge is 0.490 e. The minimum atomic E-state index is -2.54. The molecule has 17 nitrogen and oxygen atoms in total. The molecule has 0 spiro atoms. The second kappa shape index (κ2) is 27.1. The van der Waals surface area contributed by atoms with Gasteiger partial charge in [-0.2, -0.15) is 0 Å². The molecule has 1 unspecified atom stereocenters. The summed E-state index contributed by atoms with van der Waals surface area (Å²) in [5.74, 6) is -6.22. The van der Waals surface area contributed by atoms with Gasteiger partial charge in [0.15, 0.2) is 0 Å². The summed E-state index contributed by atoms with van der Waals surface area (Å²) < 4.78 is 48.8. The number of aromatic nitrogens is 2. The maximum atomic E-state index is 15.2. The van der Waals surface area contributed by atoms with Crippen molar-refractivity contribution in [2.75, 3.05) is 41.1 Å². The number of carbonyl (C=O) groups is 4. The van der Waals surface area contributed by atoms with E-state index in [9.17, 15) is 29.7 Å². The summed E-state index contributed by atoms with van der Waals surface area (Å²) in [5.41, 5.74) is 3.65. The highest BCUT2D eigenvalue weighted by molar-refractivity contribution is 6.39. The Kier molecular flexibility index (Phi) is 20.6. The molecule has 3 fully saturated rings. The van der Waals surface area contributed by atoms with Gasteiger partial charge in [-0.25, -0.2) is 4.79 Å². The number of cyclic esters (lactones) is 1. The number of nitrogens with zero attached hydrogens (tertiary/aromatic N) is 3. The molecule has 2 aromatic heterocycles. The number of ether oxygens (including phenoxy) is 7. The van der Waals surface area contributed by atoms with Crippen LogP contribution in [0.1, 0.15) is 112 Å². The number of methoxy groups -OCH3 is 3. The SMILES string of the molecule is CC[C@@H]1/C=C(/C)C[C@H](C)C[C@H](OC)C2O[C@@](O)(C(=O)C(=O)N3CCCC[C@H]3C(=O)O[C@H](/C(C)=C/[C@@H]3CC[C@@H](Oc4ccc5c(ccn5CCO)c4)[C@H](OC)C3)[C@H](C)[C@@H](Oc3ccc4c(ccn4CCO)c3)CC1=O)[C@H](C)C[C@@H]2OC. The van der Waals surface area contributed by atoms with Crippen molar-refractivity contribution in [1.29, 1.82) is 0 Å². The number of fused-ring (bicyclic) bond motifs is 5. The number of ketones is 2. The molecular weight excluding hydrogens is 1020 g/mol. The fourth-order valence-electron chi connectivity index (χ4n) is 13.1. The van der Waals surface area contributed by atoms with Gasteiger partial charge in [-0.05, 0) is 144 Å². The molecule has 2 bridgehead atoms. The quantitative estimate of drug-likeness (QED) is 0.0615. The van der Waals surface area contributed by atoms with Gasteiger partial charge < -0.3 is 62.5 Å². The number of benzene rings is 2. The zero-order chi connectivity index (χ0) is 57.4. The van der Waals surface area contributed by atoms with Crippen molar-refractivity contribution in [3.63, 3.8) is 0 Å². The predicted molar refractivity (Wildman–Crippen MR) is 303 cm³/mol. The van der Waals surface area contributed by atoms with Gasteiger partial charge in [0.2, 0.25) is 5.79 Å². The minimum absolute atomic E-state index is 0.00357. The lowest BCUT2D eigenvalue weighted by molar-refractivity contribution is -0.302. The Morgan fingerprint density at radius 3 is 1.96 bits per heavy atom. The Balaban J connectivity index is 1.16. The van der Waals surface area contributed by atoms with Crippen LogP contribution in [0.25, 0.3) is 21.8 Å². The Morgan fingerprint density at radius 2 is 1.36 bits per heavy atom. The Labute approximate surface area is 471 Å². The monoisotopic (exact) mass is 1110 g/mol. The van der Waals surface area contributed by atoms with Crippen LogP contribution in [0.3, 0.4) is 0 Å². The topological polar surface area (TPSA) is 207 Å². The van der Waals surface area contributed by atoms with Crippen LogP contribution in [0, 0.1) is 29.6 Å². The van der Waals surface area contributed by atoms with Crippen molar-refractivity contribution in [2.24, 2.45) is 29.6 Å². The first-order chi connectivity index (χ1) is 38.4. The molecule has 1 saturated carbocycles. The molecule has 4 aromatic rings. The molecule has 17 heteroatoms. The van der Waals surface area contributed by atoms with Gasteiger partial charge in [-0.3, -0.25) is 14.4 Å². The normalized spacial score (nSPS) is 32.7. The average Bonchev–Trinajstić information content (AvgIpc) is 4.09. The molecular formula is C63H87N3O14. The van der Waals surface area contributed by atoms with E-state index in [0.29, 0.717) is 63.8 Å². The maximum Gasteiger partial charge on any atom is 0.329 e. The summed E-state index contributed by atoms with van der Waals surface area (Å²) in [5, 5.41) is 33.5. The van der Waals surface area contributed by atoms with Crippen molar-refractivity contribution in [3.8, 4) is 11.5 Å². The number of rotatable bonds is 14. The summed E-state index contributed by atoms with van der Waals surface area (Å²) in [6.07, 6.45) is 8.73. The molecule has 2 aromatic carbocycles. The minimum Gasteiger partial charge on any atom is -0.490 e. The number of hydrogen-bond donors (Lipinski definition) is 3. The van der Waals surface area contributed by atoms with E-state index in [1.54, 1.807) is 28.3 Å². The van der Waals surface area contributed by atoms with Crippen LogP contribution in [-0.4, -0.2) is 148 Å². The van der Waals surface area contributed by atoms with Crippen molar-refractivity contribution in [1.82, 2.24) is 14.0 Å². The second-order valence-electron chi connectivity index (χ2n) is 23.2. The predicted octanol–water partition coefficient (Wildman–Crippen LogP) is 8.54. The van der Waals surface area contributed by atoms with Crippen LogP contribution >= 0.6 is 0 Å². The van der Waals surface area contributed by atoms with Crippen molar-refractivity contribution in [3.05, 3.63) is 84.2 Å². The number of aliphatic hydroxyl groups excluding tert-OH is 2. The maximum absolute atomic E-state index is 15.2. The van der Waals surface area contributed by atoms with Gasteiger partial charge in [0.25, 0.3) is 11.7 Å². The van der Waals surface area contributed by atoms with Gasteiger partial charge >= 0.3 is 5.97 Å². The number of esters is 1. The van der Waals surface area contributed by atoms with Crippen LogP contribution in [-0.2, 0) is 56.0 Å². The third kappa shape index (κ3) is 13.6. The molecule has 0 radical (unpaired) electrons. The number of aliphatic hydroxyl groups is 3. The van der Waals surface area contributed by atoms with E-state index in [0.717, 1.165) is 45.1 Å². The number of amides is 1. The molecule has 1 aliphatic carbocycles. The molecule has 8 rings (SSSR count). The number of piperidine rings is 1. The zero-order valence-electron chi connectivity index (χ0n) is 48.4. The molecule has 3 aliphatic heterocycles. The van der Waals surface area contributed by atoms with E-state index in [-0.39, 0.29) is 68.8 Å². The van der Waals surface area contributed by atoms with Crippen LogP contribution in [0.5, 0.6) is 11.5 Å². The lowest BCUT2D eigenvalue weighted by Gasteiger charge is -2.47. The molecule has 3 N–H and O–H groups in total. The van der Waals surface area contributed by atoms with E-state index in [4.69, 9.17) is 33.2 Å². The first-order valence-electron chi connectivity index (χ1n) is 29.1. The van der Waals surface area contributed by atoms with Gasteiger partial charge in [0.05, 0.1) is 31.5 Å². The summed E-state index contributed by atoms with van der Waals surface area (Å²) >= 11 is 0. The number of Topliss-reactive ketones (excluding diaryl/α,β-unsaturated/α-hetero) is 2. The zero-order valence-corrected chi connectivity index (χ0v) is 48.4. The lowest BCUT2D eigenvalue weighted by atomic mass is 9.81. The van der Waals surface area contributed by atoms with Gasteiger partial charge in [0.1, 0.15) is 47.7 Å². The Morgan fingerprint density at radius 1 is 0.750 bits per heavy atom. The highest BCUT2D eigenvalue weighted by Gasteiger charge is 2.57. The molecule has 2 saturated heterocycles. The molecule has 1 amide bonds. The summed E-state index contributed by atoms with van der Waals surface area (Å²) in [7, 11) is 4.78. The third-order valence-electron chi connectivity index (χ3n) is 17.6. The Hall–Kier alpha value is -5.40. The molecule has 4 aliphatic rings. The first-order valence-corrected chi connectivity index (χ1v) is 29.1.